The molecule has 0 N–H and O–H groups in total. The van der Waals surface area contributed by atoms with Crippen LogP contribution in [0.1, 0.15) is 13.3 Å². The Morgan fingerprint density at radius 3 is 2.33 bits per heavy atom. The molecule has 10 heteroatoms. The van der Waals surface area contributed by atoms with E-state index in [0.29, 0.717) is 0 Å². The van der Waals surface area contributed by atoms with Crippen LogP contribution in [-0.2, 0) is 23.7 Å². The first-order valence-electron chi connectivity index (χ1n) is 5.76. The van der Waals surface area contributed by atoms with Crippen LogP contribution in [-0.4, -0.2) is 44.0 Å². The van der Waals surface area contributed by atoms with Gasteiger partial charge in [-0.25, -0.2) is 4.79 Å². The van der Waals surface area contributed by atoms with Crippen molar-refractivity contribution >= 4 is 21.9 Å². The maximum Gasteiger partial charge on any atom is 0.396 e. The van der Waals surface area contributed by atoms with E-state index < -0.39 is 35.5 Å². The van der Waals surface area contributed by atoms with Crippen molar-refractivity contribution in [3.8, 4) is 0 Å². The van der Waals surface area contributed by atoms with Gasteiger partial charge in [-0.3, -0.25) is 0 Å². The van der Waals surface area contributed by atoms with E-state index in [1.54, 1.807) is 15.9 Å². The lowest BCUT2D eigenvalue weighted by molar-refractivity contribution is -0.166. The normalized spacial score (nSPS) is 12.7. The van der Waals surface area contributed by atoms with Gasteiger partial charge in [-0.05, 0) is 6.42 Å². The van der Waals surface area contributed by atoms with Crippen LogP contribution in [0.5, 0.6) is 0 Å². The Kier molecular flexibility index (Phi) is 9.54. The molecule has 0 aliphatic rings. The van der Waals surface area contributed by atoms with E-state index in [1.807, 2.05) is 0 Å². The van der Waals surface area contributed by atoms with Crippen molar-refractivity contribution in [2.75, 3.05) is 27.1 Å². The number of hydrogen-bond acceptors (Lipinski definition) is 5. The monoisotopic (exact) mass is 382 g/mol. The van der Waals surface area contributed by atoms with Crippen LogP contribution in [0.25, 0.3) is 0 Å². The number of alkyl halides is 3. The molecule has 21 heavy (non-hydrogen) atoms. The van der Waals surface area contributed by atoms with Gasteiger partial charge in [-0.1, -0.05) is 6.92 Å². The summed E-state index contributed by atoms with van der Waals surface area (Å²) in [6.45, 7) is 1.12. The smallest absolute Gasteiger partial charge is 0.396 e. The van der Waals surface area contributed by atoms with Crippen LogP contribution in [0.4, 0.5) is 17.6 Å². The Bertz CT molecular complexity index is 355. The second-order valence-corrected chi connectivity index (χ2v) is 4.58. The van der Waals surface area contributed by atoms with Gasteiger partial charge in [0.05, 0.1) is 13.2 Å². The molecule has 0 bridgehead atoms. The van der Waals surface area contributed by atoms with Gasteiger partial charge in [-0.2, -0.15) is 17.6 Å². The predicted molar refractivity (Wildman–Crippen MR) is 67.1 cm³/mol. The number of rotatable bonds is 10. The molecule has 124 valence electrons. The zero-order valence-electron chi connectivity index (χ0n) is 11.3. The Morgan fingerprint density at radius 1 is 1.29 bits per heavy atom. The lowest BCUT2D eigenvalue weighted by Gasteiger charge is -2.20. The molecule has 0 rings (SSSR count). The highest BCUT2D eigenvalue weighted by molar-refractivity contribution is 9.10. The van der Waals surface area contributed by atoms with Crippen LogP contribution in [0.15, 0.2) is 11.8 Å². The van der Waals surface area contributed by atoms with E-state index in [1.165, 1.54) is 14.0 Å². The third-order valence-corrected chi connectivity index (χ3v) is 2.38. The molecule has 1 unspecified atom stereocenters. The summed E-state index contributed by atoms with van der Waals surface area (Å²) >= 11 is 1.78. The van der Waals surface area contributed by atoms with Crippen LogP contribution in [0.2, 0.25) is 0 Å². The highest BCUT2D eigenvalue weighted by Gasteiger charge is 2.39. The van der Waals surface area contributed by atoms with Crippen molar-refractivity contribution in [2.24, 2.45) is 0 Å². The van der Waals surface area contributed by atoms with E-state index in [9.17, 15) is 22.4 Å². The second kappa shape index (κ2) is 9.96. The zero-order chi connectivity index (χ0) is 16.5. The van der Waals surface area contributed by atoms with E-state index in [0.717, 1.165) is 0 Å². The molecule has 0 amide bonds. The average Bonchev–Trinajstić information content (AvgIpc) is 2.39. The first kappa shape index (κ1) is 20.1. The number of esters is 1. The van der Waals surface area contributed by atoms with Crippen LogP contribution < -0.4 is 0 Å². The summed E-state index contributed by atoms with van der Waals surface area (Å²) in [4.78, 5) is 7.02. The summed E-state index contributed by atoms with van der Waals surface area (Å²) < 4.78 is 69.1. The zero-order valence-corrected chi connectivity index (χ0v) is 12.9. The third kappa shape index (κ3) is 8.22. The highest BCUT2D eigenvalue weighted by Crippen LogP contribution is 2.27. The molecule has 0 aliphatic carbocycles. The molecule has 0 saturated heterocycles. The summed E-state index contributed by atoms with van der Waals surface area (Å²) in [5.74, 6) is -3.02. The van der Waals surface area contributed by atoms with E-state index in [2.05, 4.69) is 14.2 Å². The number of carbonyl (C=O) groups is 1. The largest absolute Gasteiger partial charge is 0.462 e. The van der Waals surface area contributed by atoms with E-state index in [4.69, 9.17) is 4.74 Å². The van der Waals surface area contributed by atoms with Gasteiger partial charge in [0.2, 0.25) is 5.76 Å². The number of ether oxygens (including phenoxy) is 4. The quantitative estimate of drug-likeness (QED) is 0.145. The van der Waals surface area contributed by atoms with Crippen molar-refractivity contribution < 1.29 is 41.3 Å². The minimum absolute atomic E-state index is 0.0910. The molecule has 0 aromatic heterocycles. The minimum Gasteiger partial charge on any atom is -0.462 e. The fraction of sp³-hybridized carbons (Fsp3) is 0.727. The second-order valence-electron chi connectivity index (χ2n) is 3.59. The summed E-state index contributed by atoms with van der Waals surface area (Å²) in [7, 11) is 1.42. The lowest BCUT2D eigenvalue weighted by atomic mass is 10.2. The van der Waals surface area contributed by atoms with E-state index in [-0.39, 0.29) is 19.6 Å². The Morgan fingerprint density at radius 2 is 1.90 bits per heavy atom. The average molecular weight is 383 g/mol. The Balaban J connectivity index is 4.62. The standard InChI is InChI=1S/C11H15BrF4O5/c1-3-7(21-10(17)11(12,15)16)8(9(13)14)20-6-19-5-4-18-2/h7H,3-6H2,1-2H3. The SMILES string of the molecule is CCC(OC(=O)C(F)(F)Br)C(OCOCCOC)=C(F)F. The third-order valence-electron chi connectivity index (χ3n) is 2.06. The molecular weight excluding hydrogens is 368 g/mol. The number of halogens is 5. The first-order chi connectivity index (χ1) is 9.73. The topological polar surface area (TPSA) is 54.0 Å². The minimum atomic E-state index is -3.96. The fourth-order valence-corrected chi connectivity index (χ4v) is 1.19. The first-order valence-corrected chi connectivity index (χ1v) is 6.55. The highest BCUT2D eigenvalue weighted by atomic mass is 79.9. The van der Waals surface area contributed by atoms with Gasteiger partial charge >= 0.3 is 16.9 Å². The van der Waals surface area contributed by atoms with Crippen molar-refractivity contribution in [2.45, 2.75) is 24.3 Å². The van der Waals surface area contributed by atoms with Crippen molar-refractivity contribution in [1.82, 2.24) is 0 Å². The molecule has 0 saturated carbocycles. The maximum atomic E-state index is 12.7. The molecule has 0 fully saturated rings. The van der Waals surface area contributed by atoms with Crippen molar-refractivity contribution in [1.29, 1.82) is 0 Å². The molecule has 5 nitrogen and oxygen atoms in total. The van der Waals surface area contributed by atoms with Crippen molar-refractivity contribution in [3.63, 3.8) is 0 Å². The number of hydrogen-bond donors (Lipinski definition) is 0. The molecule has 0 heterocycles. The van der Waals surface area contributed by atoms with Crippen LogP contribution >= 0.6 is 15.9 Å². The lowest BCUT2D eigenvalue weighted by Crippen LogP contribution is -2.30. The Labute approximate surface area is 127 Å². The summed E-state index contributed by atoms with van der Waals surface area (Å²) in [5.41, 5.74) is 0. The summed E-state index contributed by atoms with van der Waals surface area (Å²) in [6.07, 6.45) is -4.11. The molecule has 0 spiro atoms. The van der Waals surface area contributed by atoms with Crippen molar-refractivity contribution in [3.05, 3.63) is 11.8 Å². The summed E-state index contributed by atoms with van der Waals surface area (Å²) in [5, 5.41) is 0. The van der Waals surface area contributed by atoms with Gasteiger partial charge in [0.25, 0.3) is 0 Å². The molecule has 0 aliphatic heterocycles. The van der Waals surface area contributed by atoms with E-state index >= 15 is 0 Å². The van der Waals surface area contributed by atoms with Gasteiger partial charge in [-0.15, -0.1) is 0 Å². The maximum absolute atomic E-state index is 12.7. The summed E-state index contributed by atoms with van der Waals surface area (Å²) in [6, 6.07) is 0. The molecule has 0 radical (unpaired) electrons. The molecule has 1 atom stereocenters. The van der Waals surface area contributed by atoms with Crippen LogP contribution in [0.3, 0.4) is 0 Å². The number of methoxy groups -OCH3 is 1. The Hall–Kier alpha value is -0.870. The fourth-order valence-electron chi connectivity index (χ4n) is 1.09. The van der Waals surface area contributed by atoms with Crippen LogP contribution in [0, 0.1) is 0 Å². The number of carbonyl (C=O) groups excluding carboxylic acids is 1. The molecule has 0 aromatic carbocycles. The molecule has 0 aromatic rings. The molecular formula is C11H15BrF4O5. The van der Waals surface area contributed by atoms with Gasteiger partial charge in [0, 0.05) is 23.0 Å². The van der Waals surface area contributed by atoms with Gasteiger partial charge in [0.1, 0.15) is 0 Å². The van der Waals surface area contributed by atoms with Gasteiger partial charge in [0.15, 0.2) is 12.9 Å². The predicted octanol–water partition coefficient (Wildman–Crippen LogP) is 3.04. The van der Waals surface area contributed by atoms with Gasteiger partial charge < -0.3 is 18.9 Å².